The van der Waals surface area contributed by atoms with Crippen LogP contribution in [0.1, 0.15) is 65.0 Å². The van der Waals surface area contributed by atoms with Crippen molar-refractivity contribution < 1.29 is 38.6 Å². The van der Waals surface area contributed by atoms with Gasteiger partial charge in [-0.25, -0.2) is 9.67 Å². The number of carbonyl (C=O) groups is 1. The summed E-state index contributed by atoms with van der Waals surface area (Å²) in [6.07, 6.45) is 0. The summed E-state index contributed by atoms with van der Waals surface area (Å²) in [4.78, 5) is 16.9. The monoisotopic (exact) mass is 710 g/mol. The number of nitrogens with zero attached hydrogens (tertiary/aromatic N) is 6. The quantitative estimate of drug-likeness (QED) is 0.143. The standard InChI is InChI=1S/C43H40N6O4.Li/c1-4-53-29-37-44-39(42(2,3)52)38(41(50)51)48(37)28-30-24-26-31(27-25-30)35-22-14-15-23-36(35)40-45-46-47-49(40)43(32-16-8-5-9-17-32,33-18-10-6-11-19-33)34-20-12-7-13-21-34;/h5-27,52H,4,28-29H2,1-3H3,(H,50,51);/q;+1/p-1. The van der Waals surface area contributed by atoms with Gasteiger partial charge < -0.3 is 24.3 Å². The number of carbonyl (C=O) groups excluding carboxylic acids is 1. The van der Waals surface area contributed by atoms with E-state index in [-0.39, 0.29) is 43.4 Å². The van der Waals surface area contributed by atoms with Crippen molar-refractivity contribution in [3.63, 3.8) is 0 Å². The maximum absolute atomic E-state index is 12.4. The molecular formula is C43H39LiN6O4. The van der Waals surface area contributed by atoms with Gasteiger partial charge in [0.2, 0.25) is 0 Å². The predicted octanol–water partition coefficient (Wildman–Crippen LogP) is 3.22. The molecular weight excluding hydrogens is 671 g/mol. The number of aromatic carboxylic acids is 1. The first-order chi connectivity index (χ1) is 25.7. The number of aliphatic hydroxyl groups is 1. The van der Waals surface area contributed by atoms with Crippen LogP contribution in [-0.2, 0) is 29.0 Å². The van der Waals surface area contributed by atoms with Crippen LogP contribution in [-0.4, -0.2) is 47.4 Å². The van der Waals surface area contributed by atoms with Crippen LogP contribution in [0.4, 0.5) is 0 Å². The molecule has 0 radical (unpaired) electrons. The van der Waals surface area contributed by atoms with Crippen LogP contribution in [0.2, 0.25) is 0 Å². The number of carboxylic acids is 1. The molecule has 2 aromatic heterocycles. The molecule has 266 valence electrons. The van der Waals surface area contributed by atoms with E-state index >= 15 is 0 Å². The zero-order valence-electron chi connectivity index (χ0n) is 30.8. The van der Waals surface area contributed by atoms with Crippen LogP contribution in [0.5, 0.6) is 0 Å². The van der Waals surface area contributed by atoms with Gasteiger partial charge in [-0.2, -0.15) is 0 Å². The van der Waals surface area contributed by atoms with E-state index in [9.17, 15) is 15.0 Å². The van der Waals surface area contributed by atoms with Crippen LogP contribution >= 0.6 is 0 Å². The number of rotatable bonds is 13. The van der Waals surface area contributed by atoms with E-state index in [2.05, 4.69) is 51.7 Å². The molecule has 0 aliphatic carbocycles. The summed E-state index contributed by atoms with van der Waals surface area (Å²) < 4.78 is 9.07. The summed E-state index contributed by atoms with van der Waals surface area (Å²) in [7, 11) is 0. The molecule has 0 bridgehead atoms. The van der Waals surface area contributed by atoms with Crippen LogP contribution in [0.3, 0.4) is 0 Å². The summed E-state index contributed by atoms with van der Waals surface area (Å²) in [5.74, 6) is -0.445. The minimum absolute atomic E-state index is 0. The van der Waals surface area contributed by atoms with Gasteiger partial charge >= 0.3 is 18.9 Å². The second kappa shape index (κ2) is 16.2. The second-order valence-electron chi connectivity index (χ2n) is 13.3. The molecule has 11 heteroatoms. The van der Waals surface area contributed by atoms with E-state index in [1.807, 2.05) is 115 Å². The van der Waals surface area contributed by atoms with Crippen LogP contribution in [0, 0.1) is 0 Å². The van der Waals surface area contributed by atoms with Crippen molar-refractivity contribution in [1.29, 1.82) is 0 Å². The SMILES string of the molecule is CCOCc1nc(C(C)(C)O)c(C(=O)[O-])n1Cc1ccc(-c2ccccc2-c2nnnn2C(c2ccccc2)(c2ccccc2)c2ccccc2)cc1.[Li+]. The van der Waals surface area contributed by atoms with Crippen molar-refractivity contribution in [3.05, 3.63) is 179 Å². The Bertz CT molecular complexity index is 2220. The van der Waals surface area contributed by atoms with Gasteiger partial charge in [-0.05, 0) is 64.6 Å². The van der Waals surface area contributed by atoms with E-state index in [1.54, 1.807) is 4.57 Å². The van der Waals surface area contributed by atoms with Gasteiger partial charge in [0.15, 0.2) is 5.82 Å². The molecule has 0 saturated carbocycles. The van der Waals surface area contributed by atoms with Gasteiger partial charge in [0.05, 0.1) is 17.4 Å². The average molecular weight is 711 g/mol. The third-order valence-electron chi connectivity index (χ3n) is 9.39. The molecule has 0 saturated heterocycles. The fraction of sp³-hybridized carbons (Fsp3) is 0.186. The molecule has 1 N–H and O–H groups in total. The molecule has 0 spiro atoms. The Morgan fingerprint density at radius 1 is 0.759 bits per heavy atom. The third-order valence-corrected chi connectivity index (χ3v) is 9.39. The number of aromatic nitrogens is 6. The first-order valence-electron chi connectivity index (χ1n) is 17.5. The number of benzene rings is 5. The van der Waals surface area contributed by atoms with Crippen molar-refractivity contribution in [2.24, 2.45) is 0 Å². The second-order valence-corrected chi connectivity index (χ2v) is 13.3. The number of hydrogen-bond donors (Lipinski definition) is 1. The van der Waals surface area contributed by atoms with Gasteiger partial charge in [0.1, 0.15) is 23.6 Å². The maximum atomic E-state index is 12.4. The van der Waals surface area contributed by atoms with Crippen molar-refractivity contribution in [2.45, 2.75) is 45.1 Å². The number of ether oxygens (including phenoxy) is 1. The smallest absolute Gasteiger partial charge is 0.543 e. The van der Waals surface area contributed by atoms with Gasteiger partial charge in [-0.3, -0.25) is 0 Å². The zero-order chi connectivity index (χ0) is 37.0. The molecule has 7 rings (SSSR count). The zero-order valence-corrected chi connectivity index (χ0v) is 30.8. The molecule has 0 atom stereocenters. The third kappa shape index (κ3) is 7.17. The summed E-state index contributed by atoms with van der Waals surface area (Å²) in [6, 6.07) is 46.7. The Morgan fingerprint density at radius 3 is 1.78 bits per heavy atom. The van der Waals surface area contributed by atoms with E-state index in [0.29, 0.717) is 18.3 Å². The minimum atomic E-state index is -1.50. The molecule has 5 aromatic carbocycles. The van der Waals surface area contributed by atoms with Gasteiger partial charge in [0.25, 0.3) is 0 Å². The Labute approximate surface area is 326 Å². The van der Waals surface area contributed by atoms with E-state index in [4.69, 9.17) is 9.95 Å². The van der Waals surface area contributed by atoms with Crippen molar-refractivity contribution in [3.8, 4) is 22.5 Å². The summed E-state index contributed by atoms with van der Waals surface area (Å²) in [5.41, 5.74) is 3.94. The fourth-order valence-electron chi connectivity index (χ4n) is 6.99. The molecule has 0 unspecified atom stereocenters. The Balaban J connectivity index is 0.00000497. The van der Waals surface area contributed by atoms with E-state index in [1.165, 1.54) is 13.8 Å². The molecule has 0 fully saturated rings. The normalized spacial score (nSPS) is 11.6. The van der Waals surface area contributed by atoms with Gasteiger partial charge in [-0.1, -0.05) is 140 Å². The molecule has 7 aromatic rings. The maximum Gasteiger partial charge on any atom is 1.00 e. The first kappa shape index (κ1) is 38.1. The minimum Gasteiger partial charge on any atom is -0.543 e. The number of hydrogen-bond acceptors (Lipinski definition) is 8. The summed E-state index contributed by atoms with van der Waals surface area (Å²) >= 11 is 0. The summed E-state index contributed by atoms with van der Waals surface area (Å²) in [6.45, 7) is 5.55. The number of carboxylic acid groups (broad SMARTS) is 1. The summed E-state index contributed by atoms with van der Waals surface area (Å²) in [5, 5.41) is 36.8. The van der Waals surface area contributed by atoms with E-state index < -0.39 is 17.1 Å². The Hall–Kier alpha value is -5.63. The van der Waals surface area contributed by atoms with Crippen LogP contribution in [0.15, 0.2) is 140 Å². The largest absolute Gasteiger partial charge is 1.00 e. The number of imidazole rings is 1. The molecule has 0 amide bonds. The van der Waals surface area contributed by atoms with E-state index in [0.717, 1.165) is 38.9 Å². The molecule has 0 aliphatic heterocycles. The Kier molecular flexibility index (Phi) is 11.4. The molecule has 10 nitrogen and oxygen atoms in total. The fourth-order valence-corrected chi connectivity index (χ4v) is 6.99. The molecule has 2 heterocycles. The van der Waals surface area contributed by atoms with Gasteiger partial charge in [0, 0.05) is 18.7 Å². The van der Waals surface area contributed by atoms with Crippen molar-refractivity contribution in [2.75, 3.05) is 6.61 Å². The average Bonchev–Trinajstić information content (AvgIpc) is 3.82. The topological polar surface area (TPSA) is 131 Å². The number of tetrazole rings is 1. The van der Waals surface area contributed by atoms with Crippen molar-refractivity contribution in [1.82, 2.24) is 29.8 Å². The molecule has 54 heavy (non-hydrogen) atoms. The van der Waals surface area contributed by atoms with Crippen LogP contribution in [0.25, 0.3) is 22.5 Å². The van der Waals surface area contributed by atoms with Gasteiger partial charge in [-0.15, -0.1) is 5.10 Å². The first-order valence-corrected chi connectivity index (χ1v) is 17.5. The van der Waals surface area contributed by atoms with Crippen LogP contribution < -0.4 is 24.0 Å². The Morgan fingerprint density at radius 2 is 1.28 bits per heavy atom. The van der Waals surface area contributed by atoms with Crippen molar-refractivity contribution >= 4 is 5.97 Å². The molecule has 0 aliphatic rings. The predicted molar refractivity (Wildman–Crippen MR) is 200 cm³/mol.